The second-order valence-corrected chi connectivity index (χ2v) is 11.7. The quantitative estimate of drug-likeness (QED) is 0.146. The topological polar surface area (TPSA) is 78.9 Å². The number of carbonyl (C=O) groups excluding carboxylic acids is 2. The Kier molecular flexibility index (Phi) is 10.1. The number of piperidine rings is 1. The van der Waals surface area contributed by atoms with Gasteiger partial charge in [0.15, 0.2) is 5.16 Å². The van der Waals surface area contributed by atoms with E-state index in [1.54, 1.807) is 0 Å². The van der Waals surface area contributed by atoms with Crippen molar-refractivity contribution in [2.75, 3.05) is 50.8 Å². The van der Waals surface area contributed by atoms with Crippen LogP contribution in [0.25, 0.3) is 0 Å². The molecule has 10 heteroatoms. The van der Waals surface area contributed by atoms with Gasteiger partial charge in [-0.2, -0.15) is 0 Å². The molecule has 2 saturated heterocycles. The largest absolute Gasteiger partial charge is 0.466 e. The predicted molar refractivity (Wildman–Crippen MR) is 162 cm³/mol. The Bertz CT molecular complexity index is 1310. The summed E-state index contributed by atoms with van der Waals surface area (Å²) in [5.41, 5.74) is 3.06. The molecular formula is C31H36ClN5O3S. The number of likely N-dealkylation sites (tertiary alicyclic amines) is 1. The summed E-state index contributed by atoms with van der Waals surface area (Å²) in [7, 11) is 0. The van der Waals surface area contributed by atoms with Crippen LogP contribution in [0.15, 0.2) is 65.8 Å². The lowest BCUT2D eigenvalue weighted by molar-refractivity contribution is -0.149. The Labute approximate surface area is 251 Å². The summed E-state index contributed by atoms with van der Waals surface area (Å²) in [5, 5.41) is 1.08. The molecule has 41 heavy (non-hydrogen) atoms. The summed E-state index contributed by atoms with van der Waals surface area (Å²) in [6, 6.07) is 20.1. The maximum atomic E-state index is 13.0. The molecule has 2 fully saturated rings. The van der Waals surface area contributed by atoms with Gasteiger partial charge in [0, 0.05) is 63.2 Å². The van der Waals surface area contributed by atoms with Gasteiger partial charge in [0.05, 0.1) is 12.5 Å². The third-order valence-electron chi connectivity index (χ3n) is 7.58. The van der Waals surface area contributed by atoms with Gasteiger partial charge in [-0.1, -0.05) is 65.8 Å². The number of anilines is 1. The van der Waals surface area contributed by atoms with Gasteiger partial charge < -0.3 is 14.5 Å². The number of hydrogen-bond donors (Lipinski definition) is 0. The monoisotopic (exact) mass is 593 g/mol. The van der Waals surface area contributed by atoms with Gasteiger partial charge >= 0.3 is 5.97 Å². The number of rotatable bonds is 9. The van der Waals surface area contributed by atoms with E-state index in [4.69, 9.17) is 21.3 Å². The Balaban J connectivity index is 1.11. The molecule has 2 aliphatic heterocycles. The van der Waals surface area contributed by atoms with E-state index in [2.05, 4.69) is 39.0 Å². The van der Waals surface area contributed by atoms with Crippen molar-refractivity contribution < 1.29 is 14.3 Å². The van der Waals surface area contributed by atoms with E-state index in [1.807, 2.05) is 48.2 Å². The number of aromatic nitrogens is 2. The van der Waals surface area contributed by atoms with Crippen molar-refractivity contribution in [3.63, 3.8) is 0 Å². The number of thioether (sulfide) groups is 1. The number of esters is 1. The molecule has 0 atom stereocenters. The van der Waals surface area contributed by atoms with E-state index in [0.717, 1.165) is 44.1 Å². The Morgan fingerprint density at radius 3 is 2.32 bits per heavy atom. The summed E-state index contributed by atoms with van der Waals surface area (Å²) in [6.07, 6.45) is 1.29. The van der Waals surface area contributed by atoms with E-state index in [0.29, 0.717) is 54.2 Å². The van der Waals surface area contributed by atoms with Crippen molar-refractivity contribution >= 4 is 41.1 Å². The molecule has 0 spiro atoms. The Morgan fingerprint density at radius 1 is 0.927 bits per heavy atom. The molecule has 0 unspecified atom stereocenters. The fraction of sp³-hybridized carbons (Fsp3) is 0.419. The fourth-order valence-corrected chi connectivity index (χ4v) is 6.28. The number of benzene rings is 2. The van der Waals surface area contributed by atoms with Crippen LogP contribution < -0.4 is 4.90 Å². The highest BCUT2D eigenvalue weighted by molar-refractivity contribution is 7.98. The highest BCUT2D eigenvalue weighted by atomic mass is 35.5. The molecule has 0 radical (unpaired) electrons. The van der Waals surface area contributed by atoms with Crippen LogP contribution in [0.1, 0.15) is 41.3 Å². The number of piperazine rings is 1. The van der Waals surface area contributed by atoms with Gasteiger partial charge in [-0.15, -0.1) is 0 Å². The highest BCUT2D eigenvalue weighted by Crippen LogP contribution is 2.26. The highest BCUT2D eigenvalue weighted by Gasteiger charge is 2.28. The number of halogens is 1. The van der Waals surface area contributed by atoms with Crippen molar-refractivity contribution in [3.8, 4) is 0 Å². The van der Waals surface area contributed by atoms with Crippen LogP contribution in [0.3, 0.4) is 0 Å². The molecule has 3 aromatic rings. The number of amides is 1. The fourth-order valence-electron chi connectivity index (χ4n) is 5.24. The summed E-state index contributed by atoms with van der Waals surface area (Å²) in [5.74, 6) is 1.26. The molecule has 8 nitrogen and oxygen atoms in total. The van der Waals surface area contributed by atoms with E-state index in [9.17, 15) is 9.59 Å². The molecule has 3 heterocycles. The van der Waals surface area contributed by atoms with Crippen LogP contribution in [0.2, 0.25) is 5.15 Å². The van der Waals surface area contributed by atoms with Crippen LogP contribution in [0.5, 0.6) is 0 Å². The Morgan fingerprint density at radius 2 is 1.63 bits per heavy atom. The second kappa shape index (κ2) is 14.2. The van der Waals surface area contributed by atoms with Gasteiger partial charge in [-0.05, 0) is 43.0 Å². The lowest BCUT2D eigenvalue weighted by atomic mass is 9.96. The molecule has 216 valence electrons. The molecule has 1 amide bonds. The third-order valence-corrected chi connectivity index (χ3v) is 8.69. The molecule has 2 aromatic carbocycles. The first-order valence-electron chi connectivity index (χ1n) is 14.2. The third kappa shape index (κ3) is 7.99. The average Bonchev–Trinajstić information content (AvgIpc) is 3.01. The first-order valence-corrected chi connectivity index (χ1v) is 15.6. The van der Waals surface area contributed by atoms with Crippen LogP contribution in [-0.4, -0.2) is 77.5 Å². The zero-order chi connectivity index (χ0) is 28.6. The summed E-state index contributed by atoms with van der Waals surface area (Å²) in [6.45, 7) is 8.00. The number of nitrogens with zero attached hydrogens (tertiary/aromatic N) is 5. The maximum absolute atomic E-state index is 13.0. The molecular weight excluding hydrogens is 558 g/mol. The number of hydrogen-bond acceptors (Lipinski definition) is 8. The second-order valence-electron chi connectivity index (χ2n) is 10.4. The van der Waals surface area contributed by atoms with E-state index in [-0.39, 0.29) is 17.8 Å². The smallest absolute Gasteiger partial charge is 0.309 e. The van der Waals surface area contributed by atoms with Gasteiger partial charge in [0.25, 0.3) is 5.91 Å². The van der Waals surface area contributed by atoms with E-state index >= 15 is 0 Å². The molecule has 0 bridgehead atoms. The molecule has 0 aliphatic carbocycles. The Hall–Kier alpha value is -3.14. The lowest BCUT2D eigenvalue weighted by Gasteiger charge is -2.35. The summed E-state index contributed by atoms with van der Waals surface area (Å²) < 4.78 is 5.13. The maximum Gasteiger partial charge on any atom is 0.309 e. The zero-order valence-corrected chi connectivity index (χ0v) is 24.9. The lowest BCUT2D eigenvalue weighted by Crippen LogP contribution is -2.46. The minimum absolute atomic E-state index is 0.00167. The van der Waals surface area contributed by atoms with Crippen molar-refractivity contribution in [1.82, 2.24) is 19.8 Å². The van der Waals surface area contributed by atoms with Gasteiger partial charge in [-0.3, -0.25) is 14.5 Å². The number of carbonyl (C=O) groups is 2. The summed E-state index contributed by atoms with van der Waals surface area (Å²) in [4.78, 5) is 40.8. The van der Waals surface area contributed by atoms with Crippen LogP contribution in [-0.2, 0) is 21.8 Å². The first kappa shape index (κ1) is 29.4. The van der Waals surface area contributed by atoms with Crippen molar-refractivity contribution in [3.05, 3.63) is 82.5 Å². The van der Waals surface area contributed by atoms with Gasteiger partial charge in [0.2, 0.25) is 0 Å². The van der Waals surface area contributed by atoms with Gasteiger partial charge in [0.1, 0.15) is 11.0 Å². The minimum Gasteiger partial charge on any atom is -0.466 e. The normalized spacial score (nSPS) is 16.5. The minimum atomic E-state index is -0.154. The van der Waals surface area contributed by atoms with Crippen molar-refractivity contribution in [2.24, 2.45) is 5.92 Å². The zero-order valence-electron chi connectivity index (χ0n) is 23.4. The molecule has 0 N–H and O–H groups in total. The SMILES string of the molecule is CCOC(=O)C1CCN(C(=O)c2ccc(CSc3nc(Cl)cc(N4CCN(Cc5ccccc5)CC4)n3)cc2)CC1. The predicted octanol–water partition coefficient (Wildman–Crippen LogP) is 5.16. The van der Waals surface area contributed by atoms with Crippen molar-refractivity contribution in [2.45, 2.75) is 37.2 Å². The van der Waals surface area contributed by atoms with E-state index in [1.165, 1.54) is 17.3 Å². The van der Waals surface area contributed by atoms with Gasteiger partial charge in [-0.25, -0.2) is 9.97 Å². The van der Waals surface area contributed by atoms with Crippen LogP contribution >= 0.6 is 23.4 Å². The molecule has 5 rings (SSSR count). The van der Waals surface area contributed by atoms with E-state index < -0.39 is 0 Å². The van der Waals surface area contributed by atoms with Crippen LogP contribution in [0.4, 0.5) is 5.82 Å². The molecule has 1 aromatic heterocycles. The standard InChI is InChI=1S/C31H36ClN5O3S/c1-2-40-30(39)26-12-14-37(15-13-26)29(38)25-10-8-24(9-11-25)22-41-31-33-27(32)20-28(34-31)36-18-16-35(17-19-36)21-23-6-4-3-5-7-23/h3-11,20,26H,2,12-19,21-22H2,1H3. The average molecular weight is 594 g/mol. The molecule has 2 aliphatic rings. The van der Waals surface area contributed by atoms with Crippen LogP contribution in [0, 0.1) is 5.92 Å². The first-order chi connectivity index (χ1) is 20.0. The number of ether oxygens (including phenoxy) is 1. The summed E-state index contributed by atoms with van der Waals surface area (Å²) >= 11 is 7.92. The van der Waals surface area contributed by atoms with Crippen molar-refractivity contribution in [1.29, 1.82) is 0 Å². The molecule has 0 saturated carbocycles.